The molecule has 0 atom stereocenters. The van der Waals surface area contributed by atoms with E-state index in [0.29, 0.717) is 10.0 Å². The summed E-state index contributed by atoms with van der Waals surface area (Å²) in [6, 6.07) is 7.83. The number of anilines is 2. The maximum atomic E-state index is 12.1. The number of carbonyl (C=O) groups is 2. The molecule has 0 aliphatic rings. The van der Waals surface area contributed by atoms with E-state index in [-0.39, 0.29) is 22.4 Å². The molecule has 2 amide bonds. The van der Waals surface area contributed by atoms with Crippen LogP contribution >= 0.6 is 23.1 Å². The van der Waals surface area contributed by atoms with Crippen LogP contribution in [0.5, 0.6) is 5.75 Å². The highest BCUT2D eigenvalue weighted by atomic mass is 32.2. The molecule has 2 N–H and O–H groups in total. The van der Waals surface area contributed by atoms with E-state index in [1.165, 1.54) is 24.5 Å². The largest absolute Gasteiger partial charge is 0.573 e. The van der Waals surface area contributed by atoms with Gasteiger partial charge in [0, 0.05) is 5.69 Å². The van der Waals surface area contributed by atoms with Crippen LogP contribution in [0.2, 0.25) is 0 Å². The molecule has 2 heterocycles. The predicted molar refractivity (Wildman–Crippen MR) is 99.0 cm³/mol. The summed E-state index contributed by atoms with van der Waals surface area (Å²) in [6.07, 6.45) is -3.41. The Kier molecular flexibility index (Phi) is 6.39. The van der Waals surface area contributed by atoms with Gasteiger partial charge in [-0.1, -0.05) is 23.1 Å². The lowest BCUT2D eigenvalue weighted by atomic mass is 10.3. The van der Waals surface area contributed by atoms with Gasteiger partial charge in [0.15, 0.2) is 10.1 Å². The summed E-state index contributed by atoms with van der Waals surface area (Å²) in [6.45, 7) is 0. The Balaban J connectivity index is 1.46. The van der Waals surface area contributed by atoms with Gasteiger partial charge in [0.25, 0.3) is 5.91 Å². The Morgan fingerprint density at radius 1 is 1.14 bits per heavy atom. The molecule has 152 valence electrons. The zero-order valence-electron chi connectivity index (χ0n) is 14.2. The summed E-state index contributed by atoms with van der Waals surface area (Å²) < 4.78 is 45.5. The van der Waals surface area contributed by atoms with Crippen molar-refractivity contribution in [2.75, 3.05) is 16.4 Å². The van der Waals surface area contributed by atoms with Crippen molar-refractivity contribution in [3.63, 3.8) is 0 Å². The van der Waals surface area contributed by atoms with Crippen LogP contribution in [0.15, 0.2) is 51.4 Å². The van der Waals surface area contributed by atoms with Gasteiger partial charge in [-0.2, -0.15) is 0 Å². The van der Waals surface area contributed by atoms with Crippen molar-refractivity contribution in [2.45, 2.75) is 10.7 Å². The lowest BCUT2D eigenvalue weighted by Crippen LogP contribution is -2.17. The summed E-state index contributed by atoms with van der Waals surface area (Å²) in [5.41, 5.74) is 0.314. The first-order valence-electron chi connectivity index (χ1n) is 7.75. The number of thioether (sulfide) groups is 1. The molecule has 0 spiro atoms. The molecule has 0 saturated carbocycles. The minimum Gasteiger partial charge on any atom is -0.459 e. The molecule has 2 aromatic heterocycles. The number of hydrogen-bond acceptors (Lipinski definition) is 8. The molecule has 8 nitrogen and oxygen atoms in total. The maximum absolute atomic E-state index is 12.1. The standard InChI is InChI=1S/C16H11F3N4O4S2/c17-16(18,19)27-10-5-3-9(4-6-10)20-12(24)8-28-15-23-22-14(29-15)21-13(25)11-2-1-7-26-11/h1-7H,8H2,(H,20,24)(H,21,22,25). The van der Waals surface area contributed by atoms with E-state index in [9.17, 15) is 22.8 Å². The lowest BCUT2D eigenvalue weighted by Gasteiger charge is -2.09. The Labute approximate surface area is 169 Å². The fourth-order valence-corrected chi connectivity index (χ4v) is 3.50. The van der Waals surface area contributed by atoms with Gasteiger partial charge in [-0.25, -0.2) is 0 Å². The van der Waals surface area contributed by atoms with E-state index < -0.39 is 18.2 Å². The number of benzene rings is 1. The first kappa shape index (κ1) is 20.7. The van der Waals surface area contributed by atoms with E-state index in [1.54, 1.807) is 6.07 Å². The average Bonchev–Trinajstić information content (AvgIpc) is 3.32. The van der Waals surface area contributed by atoms with Crippen LogP contribution in [-0.4, -0.2) is 34.1 Å². The maximum Gasteiger partial charge on any atom is 0.573 e. The summed E-state index contributed by atoms with van der Waals surface area (Å²) >= 11 is 2.17. The second-order valence-corrected chi connectivity index (χ2v) is 7.41. The van der Waals surface area contributed by atoms with Gasteiger partial charge < -0.3 is 14.5 Å². The molecular weight excluding hydrogens is 433 g/mol. The Bertz CT molecular complexity index is 975. The van der Waals surface area contributed by atoms with E-state index in [4.69, 9.17) is 4.42 Å². The number of halogens is 3. The van der Waals surface area contributed by atoms with E-state index >= 15 is 0 Å². The normalized spacial score (nSPS) is 11.1. The van der Waals surface area contributed by atoms with E-state index in [0.717, 1.165) is 35.2 Å². The van der Waals surface area contributed by atoms with Crippen molar-refractivity contribution in [3.8, 4) is 5.75 Å². The Hall–Kier alpha value is -3.06. The summed E-state index contributed by atoms with van der Waals surface area (Å²) in [5, 5.41) is 13.0. The van der Waals surface area contributed by atoms with Crippen LogP contribution in [0.1, 0.15) is 10.6 Å². The first-order chi connectivity index (χ1) is 13.8. The fraction of sp³-hybridized carbons (Fsp3) is 0.125. The highest BCUT2D eigenvalue weighted by molar-refractivity contribution is 8.01. The highest BCUT2D eigenvalue weighted by Crippen LogP contribution is 2.27. The third-order valence-electron chi connectivity index (χ3n) is 3.07. The molecule has 0 aliphatic carbocycles. The monoisotopic (exact) mass is 444 g/mol. The SMILES string of the molecule is O=C(CSc1nnc(NC(=O)c2ccco2)s1)Nc1ccc(OC(F)(F)F)cc1. The van der Waals surface area contributed by atoms with Crippen molar-refractivity contribution in [1.29, 1.82) is 0 Å². The number of nitrogens with one attached hydrogen (secondary N) is 2. The van der Waals surface area contributed by atoms with Crippen LogP contribution in [-0.2, 0) is 4.79 Å². The van der Waals surface area contributed by atoms with Gasteiger partial charge in [-0.05, 0) is 36.4 Å². The minimum absolute atomic E-state index is 0.0123. The molecule has 0 saturated heterocycles. The Morgan fingerprint density at radius 3 is 2.55 bits per heavy atom. The quantitative estimate of drug-likeness (QED) is 0.419. The first-order valence-corrected chi connectivity index (χ1v) is 9.55. The summed E-state index contributed by atoms with van der Waals surface area (Å²) in [5.74, 6) is -1.14. The number of ether oxygens (including phenoxy) is 1. The van der Waals surface area contributed by atoms with Gasteiger partial charge in [-0.15, -0.1) is 23.4 Å². The van der Waals surface area contributed by atoms with Crippen LogP contribution in [0.3, 0.4) is 0 Å². The van der Waals surface area contributed by atoms with Crippen LogP contribution < -0.4 is 15.4 Å². The molecule has 29 heavy (non-hydrogen) atoms. The number of alkyl halides is 3. The number of hydrogen-bond donors (Lipinski definition) is 2. The lowest BCUT2D eigenvalue weighted by molar-refractivity contribution is -0.274. The number of aromatic nitrogens is 2. The second kappa shape index (κ2) is 8.96. The van der Waals surface area contributed by atoms with Crippen molar-refractivity contribution >= 4 is 45.7 Å². The molecule has 0 aliphatic heterocycles. The zero-order valence-corrected chi connectivity index (χ0v) is 15.9. The fourth-order valence-electron chi connectivity index (χ4n) is 1.95. The van der Waals surface area contributed by atoms with Crippen LogP contribution in [0.4, 0.5) is 24.0 Å². The third kappa shape index (κ3) is 6.50. The smallest absolute Gasteiger partial charge is 0.459 e. The summed E-state index contributed by atoms with van der Waals surface area (Å²) in [7, 11) is 0. The molecule has 3 aromatic rings. The van der Waals surface area contributed by atoms with Crippen molar-refractivity contribution in [2.24, 2.45) is 0 Å². The van der Waals surface area contributed by atoms with E-state index in [2.05, 4.69) is 25.6 Å². The molecule has 0 fully saturated rings. The van der Waals surface area contributed by atoms with Gasteiger partial charge >= 0.3 is 6.36 Å². The van der Waals surface area contributed by atoms with Crippen LogP contribution in [0.25, 0.3) is 0 Å². The third-order valence-corrected chi connectivity index (χ3v) is 5.04. The number of nitrogens with zero attached hydrogens (tertiary/aromatic N) is 2. The molecule has 1 aromatic carbocycles. The topological polar surface area (TPSA) is 106 Å². The highest BCUT2D eigenvalue weighted by Gasteiger charge is 2.30. The molecule has 0 bridgehead atoms. The number of furan rings is 1. The summed E-state index contributed by atoms with van der Waals surface area (Å²) in [4.78, 5) is 23.8. The average molecular weight is 444 g/mol. The van der Waals surface area contributed by atoms with E-state index in [1.807, 2.05) is 0 Å². The second-order valence-electron chi connectivity index (χ2n) is 5.21. The molecule has 0 radical (unpaired) electrons. The zero-order chi connectivity index (χ0) is 20.9. The molecule has 3 rings (SSSR count). The molecule has 0 unspecified atom stereocenters. The Morgan fingerprint density at radius 2 is 1.90 bits per heavy atom. The molecular formula is C16H11F3N4O4S2. The van der Waals surface area contributed by atoms with Crippen molar-refractivity contribution in [1.82, 2.24) is 10.2 Å². The molecule has 13 heteroatoms. The van der Waals surface area contributed by atoms with Gasteiger partial charge in [0.2, 0.25) is 11.0 Å². The number of carbonyl (C=O) groups excluding carboxylic acids is 2. The number of amides is 2. The van der Waals surface area contributed by atoms with Gasteiger partial charge in [0.05, 0.1) is 12.0 Å². The number of rotatable bonds is 7. The van der Waals surface area contributed by atoms with Crippen molar-refractivity contribution < 1.29 is 31.9 Å². The van der Waals surface area contributed by atoms with Gasteiger partial charge in [0.1, 0.15) is 5.75 Å². The minimum atomic E-state index is -4.78. The van der Waals surface area contributed by atoms with Crippen molar-refractivity contribution in [3.05, 3.63) is 48.4 Å². The predicted octanol–water partition coefficient (Wildman–Crippen LogP) is 4.01. The van der Waals surface area contributed by atoms with Crippen LogP contribution in [0, 0.1) is 0 Å². The van der Waals surface area contributed by atoms with Gasteiger partial charge in [-0.3, -0.25) is 14.9 Å².